The summed E-state index contributed by atoms with van der Waals surface area (Å²) in [6.07, 6.45) is 4.40. The van der Waals surface area contributed by atoms with Gasteiger partial charge in [0.25, 0.3) is 5.91 Å². The Bertz CT molecular complexity index is 553. The first-order valence-electron chi connectivity index (χ1n) is 5.63. The van der Waals surface area contributed by atoms with Crippen LogP contribution in [0.25, 0.3) is 0 Å². The van der Waals surface area contributed by atoms with E-state index in [2.05, 4.69) is 15.4 Å². The van der Waals surface area contributed by atoms with Crippen molar-refractivity contribution in [2.24, 2.45) is 0 Å². The van der Waals surface area contributed by atoms with E-state index in [1.807, 2.05) is 0 Å². The van der Waals surface area contributed by atoms with Crippen LogP contribution in [0.4, 0.5) is 10.1 Å². The van der Waals surface area contributed by atoms with Crippen LogP contribution in [0.5, 0.6) is 0 Å². The third-order valence-electron chi connectivity index (χ3n) is 2.41. The van der Waals surface area contributed by atoms with Crippen LogP contribution in [-0.2, 0) is 11.3 Å². The number of nitrogens with one attached hydrogen (secondary N) is 1. The monoisotopic (exact) mass is 264 g/mol. The van der Waals surface area contributed by atoms with E-state index in [0.29, 0.717) is 18.8 Å². The zero-order valence-electron chi connectivity index (χ0n) is 10.3. The van der Waals surface area contributed by atoms with Crippen molar-refractivity contribution in [3.05, 3.63) is 42.2 Å². The van der Waals surface area contributed by atoms with Gasteiger partial charge in [0.15, 0.2) is 0 Å². The van der Waals surface area contributed by atoms with Crippen LogP contribution in [-0.4, -0.2) is 34.4 Å². The minimum atomic E-state index is -0.621. The van der Waals surface area contributed by atoms with Gasteiger partial charge in [0.2, 0.25) is 5.95 Å². The maximum absolute atomic E-state index is 12.6. The second kappa shape index (κ2) is 6.05. The zero-order chi connectivity index (χ0) is 13.7. The van der Waals surface area contributed by atoms with Gasteiger partial charge in [0.05, 0.1) is 30.6 Å². The maximum Gasteiger partial charge on any atom is 0.257 e. The van der Waals surface area contributed by atoms with Gasteiger partial charge in [-0.15, -0.1) is 0 Å². The minimum Gasteiger partial charge on any atom is -0.383 e. The fourth-order valence-corrected chi connectivity index (χ4v) is 1.45. The first-order chi connectivity index (χ1) is 9.19. The van der Waals surface area contributed by atoms with Crippen LogP contribution in [0.3, 0.4) is 0 Å². The summed E-state index contributed by atoms with van der Waals surface area (Å²) >= 11 is 0. The summed E-state index contributed by atoms with van der Waals surface area (Å²) in [4.78, 5) is 15.2. The average Bonchev–Trinajstić information content (AvgIpc) is 2.84. The number of carbonyl (C=O) groups excluding carboxylic acids is 1. The first-order valence-corrected chi connectivity index (χ1v) is 5.63. The van der Waals surface area contributed by atoms with Crippen molar-refractivity contribution < 1.29 is 13.9 Å². The summed E-state index contributed by atoms with van der Waals surface area (Å²) in [7, 11) is 1.60. The molecule has 100 valence electrons. The van der Waals surface area contributed by atoms with Gasteiger partial charge in [-0.3, -0.25) is 9.48 Å². The van der Waals surface area contributed by atoms with E-state index in [0.717, 1.165) is 6.07 Å². The Morgan fingerprint density at radius 1 is 1.47 bits per heavy atom. The summed E-state index contributed by atoms with van der Waals surface area (Å²) in [5.41, 5.74) is 0.844. The van der Waals surface area contributed by atoms with Crippen molar-refractivity contribution >= 4 is 11.6 Å². The maximum atomic E-state index is 12.6. The molecule has 1 amide bonds. The number of ether oxygens (including phenoxy) is 1. The quantitative estimate of drug-likeness (QED) is 0.827. The van der Waals surface area contributed by atoms with Crippen molar-refractivity contribution in [3.63, 3.8) is 0 Å². The molecule has 2 aromatic heterocycles. The summed E-state index contributed by atoms with van der Waals surface area (Å²) in [5, 5.41) is 6.71. The van der Waals surface area contributed by atoms with E-state index >= 15 is 0 Å². The van der Waals surface area contributed by atoms with Crippen molar-refractivity contribution in [3.8, 4) is 0 Å². The van der Waals surface area contributed by atoms with Crippen LogP contribution in [0.15, 0.2) is 30.7 Å². The molecule has 0 saturated heterocycles. The second-order valence-electron chi connectivity index (χ2n) is 3.81. The van der Waals surface area contributed by atoms with Gasteiger partial charge < -0.3 is 10.1 Å². The number of amides is 1. The molecule has 1 N–H and O–H groups in total. The SMILES string of the molecule is COCCn1cc(NC(=O)c2ccc(F)nc2)cn1. The van der Waals surface area contributed by atoms with E-state index in [1.165, 1.54) is 18.5 Å². The molecular weight excluding hydrogens is 251 g/mol. The highest BCUT2D eigenvalue weighted by Gasteiger charge is 2.08. The summed E-state index contributed by atoms with van der Waals surface area (Å²) in [6, 6.07) is 2.50. The highest BCUT2D eigenvalue weighted by Crippen LogP contribution is 2.08. The number of carbonyl (C=O) groups is 1. The topological polar surface area (TPSA) is 69.0 Å². The highest BCUT2D eigenvalue weighted by molar-refractivity contribution is 6.03. The van der Waals surface area contributed by atoms with E-state index in [4.69, 9.17) is 4.74 Å². The van der Waals surface area contributed by atoms with Crippen LogP contribution < -0.4 is 5.32 Å². The molecule has 2 aromatic rings. The molecule has 0 aromatic carbocycles. The number of hydrogen-bond donors (Lipinski definition) is 1. The largest absolute Gasteiger partial charge is 0.383 e. The number of nitrogens with zero attached hydrogens (tertiary/aromatic N) is 3. The van der Waals surface area contributed by atoms with Crippen molar-refractivity contribution in [2.45, 2.75) is 6.54 Å². The molecule has 0 fully saturated rings. The van der Waals surface area contributed by atoms with Gasteiger partial charge in [-0.1, -0.05) is 0 Å². The summed E-state index contributed by atoms with van der Waals surface area (Å²) in [6.45, 7) is 1.14. The molecule has 6 nitrogen and oxygen atoms in total. The number of aromatic nitrogens is 3. The van der Waals surface area contributed by atoms with Crippen LogP contribution >= 0.6 is 0 Å². The molecule has 0 spiro atoms. The summed E-state index contributed by atoms with van der Waals surface area (Å²) < 4.78 is 19.2. The molecule has 0 bridgehead atoms. The molecule has 2 rings (SSSR count). The molecule has 19 heavy (non-hydrogen) atoms. The molecule has 0 aliphatic heterocycles. The highest BCUT2D eigenvalue weighted by atomic mass is 19.1. The Morgan fingerprint density at radius 3 is 3.00 bits per heavy atom. The van der Waals surface area contributed by atoms with E-state index in [1.54, 1.807) is 18.0 Å². The Balaban J connectivity index is 1.98. The minimum absolute atomic E-state index is 0.283. The number of halogens is 1. The fourth-order valence-electron chi connectivity index (χ4n) is 1.45. The lowest BCUT2D eigenvalue weighted by Gasteiger charge is -2.02. The average molecular weight is 264 g/mol. The van der Waals surface area contributed by atoms with Gasteiger partial charge in [-0.05, 0) is 12.1 Å². The molecule has 0 unspecified atom stereocenters. The normalized spacial score (nSPS) is 10.4. The van der Waals surface area contributed by atoms with Gasteiger partial charge in [-0.25, -0.2) is 4.98 Å². The predicted octanol–water partition coefficient (Wildman–Crippen LogP) is 1.32. The number of anilines is 1. The van der Waals surface area contributed by atoms with E-state index < -0.39 is 5.95 Å². The lowest BCUT2D eigenvalue weighted by molar-refractivity contribution is 0.102. The van der Waals surface area contributed by atoms with E-state index in [-0.39, 0.29) is 11.5 Å². The number of methoxy groups -OCH3 is 1. The lowest BCUT2D eigenvalue weighted by atomic mass is 10.2. The van der Waals surface area contributed by atoms with Crippen molar-refractivity contribution in [1.82, 2.24) is 14.8 Å². The van der Waals surface area contributed by atoms with E-state index in [9.17, 15) is 9.18 Å². The Kier molecular flexibility index (Phi) is 4.19. The van der Waals surface area contributed by atoms with Crippen LogP contribution in [0.2, 0.25) is 0 Å². The standard InChI is InChI=1S/C12H13FN4O2/c1-19-5-4-17-8-10(7-15-17)16-12(18)9-2-3-11(13)14-6-9/h2-3,6-8H,4-5H2,1H3,(H,16,18). The van der Waals surface area contributed by atoms with Gasteiger partial charge in [-0.2, -0.15) is 9.49 Å². The molecule has 0 atom stereocenters. The number of pyridine rings is 1. The van der Waals surface area contributed by atoms with Gasteiger partial charge >= 0.3 is 0 Å². The Hall–Kier alpha value is -2.28. The molecule has 2 heterocycles. The van der Waals surface area contributed by atoms with Crippen LogP contribution in [0, 0.1) is 5.95 Å². The first kappa shape index (κ1) is 13.2. The van der Waals surface area contributed by atoms with Crippen molar-refractivity contribution in [2.75, 3.05) is 19.0 Å². The Morgan fingerprint density at radius 2 is 2.32 bits per heavy atom. The molecular formula is C12H13FN4O2. The smallest absolute Gasteiger partial charge is 0.257 e. The van der Waals surface area contributed by atoms with Crippen molar-refractivity contribution in [1.29, 1.82) is 0 Å². The molecule has 0 aliphatic rings. The second-order valence-corrected chi connectivity index (χ2v) is 3.81. The third kappa shape index (κ3) is 3.59. The molecule has 0 aliphatic carbocycles. The van der Waals surface area contributed by atoms with Crippen LogP contribution in [0.1, 0.15) is 10.4 Å². The van der Waals surface area contributed by atoms with Gasteiger partial charge in [0.1, 0.15) is 0 Å². The van der Waals surface area contributed by atoms with Gasteiger partial charge in [0, 0.05) is 19.5 Å². The Labute approximate surface area is 109 Å². The lowest BCUT2D eigenvalue weighted by Crippen LogP contribution is -2.12. The zero-order valence-corrected chi connectivity index (χ0v) is 10.3. The molecule has 0 saturated carbocycles. The summed E-state index contributed by atoms with van der Waals surface area (Å²) in [5.74, 6) is -0.984. The molecule has 0 radical (unpaired) electrons. The fraction of sp³-hybridized carbons (Fsp3) is 0.250. The number of rotatable bonds is 5. The molecule has 7 heteroatoms. The third-order valence-corrected chi connectivity index (χ3v) is 2.41. The number of hydrogen-bond acceptors (Lipinski definition) is 4. The predicted molar refractivity (Wildman–Crippen MR) is 66.3 cm³/mol.